The van der Waals surface area contributed by atoms with Crippen molar-refractivity contribution in [2.75, 3.05) is 33.0 Å². The minimum absolute atomic E-state index is 0.0163. The molecule has 0 unspecified atom stereocenters. The Labute approximate surface area is 412 Å². The molecule has 0 bridgehead atoms. The molecule has 400 valence electrons. The maximum absolute atomic E-state index is 11.8. The maximum atomic E-state index is 11.8. The quantitative estimate of drug-likeness (QED) is 0.0340. The minimum atomic E-state index is -0.899. The zero-order chi connectivity index (χ0) is 54.4. The van der Waals surface area contributed by atoms with Crippen molar-refractivity contribution in [3.63, 3.8) is 0 Å². The number of aliphatic hydroxyl groups is 2. The van der Waals surface area contributed by atoms with Crippen molar-refractivity contribution in [1.82, 2.24) is 0 Å². The highest BCUT2D eigenvalue weighted by Gasteiger charge is 2.35. The van der Waals surface area contributed by atoms with E-state index in [0.29, 0.717) is 75.1 Å². The molecule has 0 fully saturated rings. The molecule has 22 heteroatoms. The number of hydrogen-bond acceptors (Lipinski definition) is 21. The van der Waals surface area contributed by atoms with E-state index in [1.807, 2.05) is 53.7 Å². The third-order valence-electron chi connectivity index (χ3n) is 11.4. The molecule has 0 saturated carbocycles. The van der Waals surface area contributed by atoms with Crippen molar-refractivity contribution >= 4 is 42.1 Å². The predicted molar refractivity (Wildman–Crippen MR) is 257 cm³/mol. The Bertz CT molecular complexity index is 1610. The number of nitrogens with two attached hydrogens (primary N) is 3. The number of nitrogens with one attached hydrogen (secondary N) is 3. The number of aliphatic hydroxyl groups excluding tert-OH is 2. The molecule has 0 saturated heterocycles. The average molecular weight is 999 g/mol. The van der Waals surface area contributed by atoms with Crippen molar-refractivity contribution in [1.29, 1.82) is 16.2 Å². The first-order chi connectivity index (χ1) is 33.2. The van der Waals surface area contributed by atoms with Gasteiger partial charge in [-0.25, -0.2) is 45.0 Å². The molecule has 12 atom stereocenters. The van der Waals surface area contributed by atoms with Gasteiger partial charge in [-0.15, -0.1) is 0 Å². The van der Waals surface area contributed by atoms with Crippen LogP contribution >= 0.6 is 0 Å². The van der Waals surface area contributed by atoms with Gasteiger partial charge in [-0.3, -0.25) is 4.79 Å². The molecule has 3 aliphatic rings. The predicted octanol–water partition coefficient (Wildman–Crippen LogP) is 3.96. The third kappa shape index (κ3) is 28.6. The number of carbonyl (C=O) groups is 4. The lowest BCUT2D eigenvalue weighted by molar-refractivity contribution is -0.143. The molecular weight excluding hydrogens is 917 g/mol. The van der Waals surface area contributed by atoms with Crippen LogP contribution in [-0.4, -0.2) is 145 Å². The number of hydrogen-bond donors (Lipinski definition) is 9. The summed E-state index contributed by atoms with van der Waals surface area (Å²) in [5.41, 5.74) is 20.0. The van der Waals surface area contributed by atoms with Gasteiger partial charge in [0.25, 0.3) is 0 Å². The van der Waals surface area contributed by atoms with Crippen LogP contribution in [-0.2, 0) is 62.0 Å². The van der Waals surface area contributed by atoms with Crippen LogP contribution in [0.2, 0.25) is 0 Å². The molecule has 3 rings (SSSR count). The normalized spacial score (nSPS) is 24.3. The van der Waals surface area contributed by atoms with E-state index in [-0.39, 0.29) is 110 Å². The first kappa shape index (κ1) is 69.2. The SMILES string of the molecule is CCOC(=O)C1=C[C@@H](O[C@@H](CC)CCO)[C@H](C)[C@@H](N)C1.CCOC(=O)C1=C[C@@H](O[C@H](CC)CC(=O)O)[C@H](C)[C@@H](N)C1.CCOC(=O)C1=C[C@@H](O[C@H](CC)CCO)[C@H](C)[C@@H](N)C1.N=C=O.N=C=O.N=C=O. The van der Waals surface area contributed by atoms with Crippen LogP contribution in [0, 0.1) is 34.0 Å². The highest BCUT2D eigenvalue weighted by molar-refractivity contribution is 5.90. The molecule has 3 aliphatic carbocycles. The maximum Gasteiger partial charge on any atom is 0.333 e. The summed E-state index contributed by atoms with van der Waals surface area (Å²) < 4.78 is 32.9. The highest BCUT2D eigenvalue weighted by Crippen LogP contribution is 2.30. The average Bonchev–Trinajstić information content (AvgIpc) is 3.31. The first-order valence-corrected chi connectivity index (χ1v) is 23.6. The molecular formula is C48H82N6O16. The molecule has 12 N–H and O–H groups in total. The summed E-state index contributed by atoms with van der Waals surface area (Å²) in [5.74, 6) is -1.59. The highest BCUT2D eigenvalue weighted by atomic mass is 16.5. The summed E-state index contributed by atoms with van der Waals surface area (Å²) in [5, 5.41) is 43.1. The van der Waals surface area contributed by atoms with E-state index in [9.17, 15) is 19.2 Å². The molecule has 0 aromatic heterocycles. The Hall–Kier alpha value is -5.08. The number of carbonyl (C=O) groups excluding carboxylic acids is 6. The summed E-state index contributed by atoms with van der Waals surface area (Å²) >= 11 is 0. The Kier molecular flexibility index (Phi) is 41.2. The second-order valence-corrected chi connectivity index (χ2v) is 16.2. The number of rotatable bonds is 21. The summed E-state index contributed by atoms with van der Waals surface area (Å²) in [6, 6.07) is -0.436. The van der Waals surface area contributed by atoms with E-state index in [1.54, 1.807) is 26.8 Å². The summed E-state index contributed by atoms with van der Waals surface area (Å²) in [6.45, 7) is 18.4. The molecule has 22 nitrogen and oxygen atoms in total. The number of aliphatic carboxylic acids is 1. The number of isocyanates is 3. The largest absolute Gasteiger partial charge is 0.481 e. The second-order valence-electron chi connectivity index (χ2n) is 16.2. The van der Waals surface area contributed by atoms with Gasteiger partial charge in [0.05, 0.1) is 62.9 Å². The monoisotopic (exact) mass is 999 g/mol. The molecule has 0 aromatic carbocycles. The number of carboxylic acid groups (broad SMARTS) is 1. The van der Waals surface area contributed by atoms with Gasteiger partial charge in [0.1, 0.15) is 0 Å². The fraction of sp³-hybridized carbons (Fsp3) is 0.729. The van der Waals surface area contributed by atoms with Gasteiger partial charge < -0.3 is 60.9 Å². The van der Waals surface area contributed by atoms with E-state index in [4.69, 9.17) is 91.6 Å². The Morgan fingerprint density at radius 3 is 1.00 bits per heavy atom. The van der Waals surface area contributed by atoms with Crippen molar-refractivity contribution in [2.24, 2.45) is 35.0 Å². The van der Waals surface area contributed by atoms with E-state index in [1.165, 1.54) is 0 Å². The lowest BCUT2D eigenvalue weighted by Crippen LogP contribution is -2.43. The summed E-state index contributed by atoms with van der Waals surface area (Å²) in [6.07, 6.45) is 11.3. The van der Waals surface area contributed by atoms with Gasteiger partial charge in [0.15, 0.2) is 0 Å². The standard InChI is InChI=1S/C15H25NO5.2C15H27NO4.3CHNO/c1-4-11(8-14(17)18)21-13-7-10(15(19)20-5-2)6-12(16)9(13)3;2*1-4-12(6-7-17)20-14-9-11(15(18)19-5-2)8-13(16)10(14)3;3*2-1-3/h7,9,11-13H,4-6,8,16H2,1-3H3,(H,17,18);2*9-10,12-14,17H,4-8,16H2,1-3H3;3*2H/t9-,11-,12+,13-;10-,12+,13+,14-;10-,12-,13+,14-;;;/m111.../s1. The topological polar surface area (TPSA) is 385 Å². The molecule has 0 amide bonds. The van der Waals surface area contributed by atoms with Gasteiger partial charge in [0.2, 0.25) is 18.2 Å². The molecule has 0 heterocycles. The van der Waals surface area contributed by atoms with Crippen molar-refractivity contribution in [3.05, 3.63) is 34.9 Å². The van der Waals surface area contributed by atoms with E-state index in [0.717, 1.165) is 31.1 Å². The molecule has 0 radical (unpaired) electrons. The molecule has 0 spiro atoms. The Morgan fingerprint density at radius 1 is 0.557 bits per heavy atom. The van der Waals surface area contributed by atoms with E-state index < -0.39 is 5.97 Å². The lowest BCUT2D eigenvalue weighted by Gasteiger charge is -2.34. The molecule has 70 heavy (non-hydrogen) atoms. The van der Waals surface area contributed by atoms with Crippen LogP contribution in [0.3, 0.4) is 0 Å². The van der Waals surface area contributed by atoms with Gasteiger partial charge in [0, 0.05) is 65.8 Å². The second kappa shape index (κ2) is 41.7. The van der Waals surface area contributed by atoms with Crippen molar-refractivity contribution in [3.8, 4) is 0 Å². The fourth-order valence-corrected chi connectivity index (χ4v) is 7.09. The minimum Gasteiger partial charge on any atom is -0.481 e. The molecule has 0 aromatic rings. The zero-order valence-corrected chi connectivity index (χ0v) is 42.4. The zero-order valence-electron chi connectivity index (χ0n) is 42.4. The number of ether oxygens (including phenoxy) is 6. The van der Waals surface area contributed by atoms with Crippen LogP contribution in [0.4, 0.5) is 0 Å². The fourth-order valence-electron chi connectivity index (χ4n) is 7.09. The van der Waals surface area contributed by atoms with Gasteiger partial charge >= 0.3 is 23.9 Å². The lowest BCUT2D eigenvalue weighted by atomic mass is 9.84. The van der Waals surface area contributed by atoms with Crippen molar-refractivity contribution in [2.45, 2.75) is 175 Å². The van der Waals surface area contributed by atoms with Crippen LogP contribution in [0.5, 0.6) is 0 Å². The first-order valence-electron chi connectivity index (χ1n) is 23.6. The van der Waals surface area contributed by atoms with Gasteiger partial charge in [-0.1, -0.05) is 41.5 Å². The van der Waals surface area contributed by atoms with Crippen LogP contribution in [0.25, 0.3) is 0 Å². The van der Waals surface area contributed by atoms with E-state index in [2.05, 4.69) is 0 Å². The van der Waals surface area contributed by atoms with Crippen LogP contribution < -0.4 is 17.2 Å². The molecule has 0 aliphatic heterocycles. The number of esters is 3. The van der Waals surface area contributed by atoms with E-state index >= 15 is 0 Å². The van der Waals surface area contributed by atoms with Crippen LogP contribution in [0.15, 0.2) is 34.9 Å². The third-order valence-corrected chi connectivity index (χ3v) is 11.4. The van der Waals surface area contributed by atoms with Crippen LogP contribution in [0.1, 0.15) is 120 Å². The van der Waals surface area contributed by atoms with Gasteiger partial charge in [-0.2, -0.15) is 0 Å². The summed E-state index contributed by atoms with van der Waals surface area (Å²) in [4.78, 5) is 71.4. The summed E-state index contributed by atoms with van der Waals surface area (Å²) in [7, 11) is 0. The Balaban J connectivity index is -0.000000883. The van der Waals surface area contributed by atoms with Crippen molar-refractivity contribution < 1.29 is 77.3 Å². The number of carboxylic acids is 1. The van der Waals surface area contributed by atoms with Gasteiger partial charge in [-0.05, 0) is 90.4 Å². The Morgan fingerprint density at radius 2 is 0.800 bits per heavy atom. The smallest absolute Gasteiger partial charge is 0.333 e.